The van der Waals surface area contributed by atoms with E-state index in [1.54, 1.807) is 12.1 Å². The van der Waals surface area contributed by atoms with Crippen LogP contribution in [0.25, 0.3) is 0 Å². The predicted octanol–water partition coefficient (Wildman–Crippen LogP) is 1.81. The highest BCUT2D eigenvalue weighted by Gasteiger charge is 2.04. The Morgan fingerprint density at radius 2 is 1.89 bits per heavy atom. The summed E-state index contributed by atoms with van der Waals surface area (Å²) >= 11 is 0. The van der Waals surface area contributed by atoms with Gasteiger partial charge in [-0.05, 0) is 31.2 Å². The molecule has 0 atom stereocenters. The topological polar surface area (TPSA) is 50.4 Å². The maximum absolute atomic E-state index is 11.8. The van der Waals surface area contributed by atoms with Gasteiger partial charge in [0.05, 0.1) is 6.61 Å². The third-order valence-corrected chi connectivity index (χ3v) is 2.39. The van der Waals surface area contributed by atoms with Crippen molar-refractivity contribution in [2.45, 2.75) is 26.8 Å². The van der Waals surface area contributed by atoms with Crippen molar-refractivity contribution in [3.8, 4) is 5.75 Å². The summed E-state index contributed by atoms with van der Waals surface area (Å²) in [6, 6.07) is 7.61. The number of carbonyl (C=O) groups excluding carboxylic acids is 1. The van der Waals surface area contributed by atoms with E-state index in [0.717, 1.165) is 12.3 Å². The summed E-state index contributed by atoms with van der Waals surface area (Å²) in [5.74, 6) is 0.735. The van der Waals surface area contributed by atoms with Crippen molar-refractivity contribution in [2.75, 3.05) is 19.7 Å². The number of benzene rings is 1. The molecule has 0 fully saturated rings. The van der Waals surface area contributed by atoms with Crippen molar-refractivity contribution in [1.82, 2.24) is 10.6 Å². The first-order chi connectivity index (χ1) is 8.63. The summed E-state index contributed by atoms with van der Waals surface area (Å²) in [7, 11) is 0. The summed E-state index contributed by atoms with van der Waals surface area (Å²) in [4.78, 5) is 11.8. The number of hydrogen-bond acceptors (Lipinski definition) is 3. The predicted molar refractivity (Wildman–Crippen MR) is 73.1 cm³/mol. The molecule has 0 saturated heterocycles. The van der Waals surface area contributed by atoms with Crippen molar-refractivity contribution in [1.29, 1.82) is 0 Å². The van der Waals surface area contributed by atoms with E-state index >= 15 is 0 Å². The zero-order chi connectivity index (χ0) is 13.4. The van der Waals surface area contributed by atoms with Gasteiger partial charge in [-0.25, -0.2) is 0 Å². The van der Waals surface area contributed by atoms with Gasteiger partial charge in [-0.3, -0.25) is 4.79 Å². The maximum Gasteiger partial charge on any atom is 0.251 e. The normalized spacial score (nSPS) is 10.4. The molecule has 0 spiro atoms. The van der Waals surface area contributed by atoms with Crippen molar-refractivity contribution >= 4 is 5.91 Å². The lowest BCUT2D eigenvalue weighted by Crippen LogP contribution is -2.34. The molecular weight excluding hydrogens is 228 g/mol. The Kier molecular flexibility index (Phi) is 6.22. The highest BCUT2D eigenvalue weighted by Crippen LogP contribution is 2.11. The highest BCUT2D eigenvalue weighted by atomic mass is 16.5. The molecular formula is C14H22N2O2. The van der Waals surface area contributed by atoms with Gasteiger partial charge in [-0.15, -0.1) is 0 Å². The van der Waals surface area contributed by atoms with E-state index in [1.807, 2.05) is 19.1 Å². The van der Waals surface area contributed by atoms with Gasteiger partial charge < -0.3 is 15.4 Å². The zero-order valence-electron chi connectivity index (χ0n) is 11.3. The van der Waals surface area contributed by atoms with Crippen LogP contribution in [0.2, 0.25) is 0 Å². The molecule has 1 aromatic carbocycles. The van der Waals surface area contributed by atoms with Gasteiger partial charge in [0, 0.05) is 24.7 Å². The molecule has 0 bridgehead atoms. The van der Waals surface area contributed by atoms with E-state index in [1.165, 1.54) is 0 Å². The minimum absolute atomic E-state index is 0.0522. The molecule has 0 saturated carbocycles. The Labute approximate surface area is 109 Å². The molecule has 0 heterocycles. The Morgan fingerprint density at radius 1 is 1.22 bits per heavy atom. The van der Waals surface area contributed by atoms with Gasteiger partial charge >= 0.3 is 0 Å². The molecule has 0 radical (unpaired) electrons. The van der Waals surface area contributed by atoms with Crippen LogP contribution < -0.4 is 15.4 Å². The average molecular weight is 250 g/mol. The highest BCUT2D eigenvalue weighted by molar-refractivity contribution is 5.94. The fraction of sp³-hybridized carbons (Fsp3) is 0.500. The first kappa shape index (κ1) is 14.5. The van der Waals surface area contributed by atoms with E-state index < -0.39 is 0 Å². The third kappa shape index (κ3) is 5.19. The third-order valence-electron chi connectivity index (χ3n) is 2.39. The first-order valence-corrected chi connectivity index (χ1v) is 6.38. The number of nitrogens with one attached hydrogen (secondary N) is 2. The van der Waals surface area contributed by atoms with Crippen LogP contribution in [0.15, 0.2) is 24.3 Å². The molecule has 0 aliphatic rings. The van der Waals surface area contributed by atoms with Crippen LogP contribution in [0.4, 0.5) is 0 Å². The van der Waals surface area contributed by atoms with E-state index in [2.05, 4.69) is 24.5 Å². The van der Waals surface area contributed by atoms with Gasteiger partial charge in [0.15, 0.2) is 0 Å². The molecule has 1 rings (SSSR count). The van der Waals surface area contributed by atoms with Gasteiger partial charge in [-0.1, -0.05) is 13.8 Å². The van der Waals surface area contributed by atoms with Gasteiger partial charge in [0.1, 0.15) is 5.75 Å². The minimum Gasteiger partial charge on any atom is -0.494 e. The second kappa shape index (κ2) is 7.71. The lowest BCUT2D eigenvalue weighted by atomic mass is 10.2. The molecule has 0 aromatic heterocycles. The summed E-state index contributed by atoms with van der Waals surface area (Å²) in [5.41, 5.74) is 0.656. The standard InChI is InChI=1S/C14H22N2O2/c1-4-18-13-7-5-12(6-8-13)14(17)16-10-9-15-11(2)3/h5-8,11,15H,4,9-10H2,1-3H3,(H,16,17). The number of carbonyl (C=O) groups is 1. The number of rotatable bonds is 7. The lowest BCUT2D eigenvalue weighted by molar-refractivity contribution is 0.0953. The average Bonchev–Trinajstić information content (AvgIpc) is 2.35. The number of amides is 1. The first-order valence-electron chi connectivity index (χ1n) is 6.38. The summed E-state index contributed by atoms with van der Waals surface area (Å²) in [5, 5.41) is 6.11. The van der Waals surface area contributed by atoms with E-state index in [4.69, 9.17) is 4.74 Å². The fourth-order valence-corrected chi connectivity index (χ4v) is 1.51. The van der Waals surface area contributed by atoms with E-state index in [0.29, 0.717) is 24.8 Å². The van der Waals surface area contributed by atoms with Crippen LogP contribution in [0.3, 0.4) is 0 Å². The molecule has 2 N–H and O–H groups in total. The van der Waals surface area contributed by atoms with Crippen LogP contribution in [0.1, 0.15) is 31.1 Å². The van der Waals surface area contributed by atoms with Crippen molar-refractivity contribution in [3.63, 3.8) is 0 Å². The second-order valence-corrected chi connectivity index (χ2v) is 4.32. The summed E-state index contributed by atoms with van der Waals surface area (Å²) < 4.78 is 5.32. The Bertz CT molecular complexity index is 361. The largest absolute Gasteiger partial charge is 0.494 e. The molecule has 100 valence electrons. The van der Waals surface area contributed by atoms with Crippen LogP contribution >= 0.6 is 0 Å². The lowest BCUT2D eigenvalue weighted by Gasteiger charge is -2.09. The Balaban J connectivity index is 2.37. The summed E-state index contributed by atoms with van der Waals surface area (Å²) in [6.07, 6.45) is 0. The van der Waals surface area contributed by atoms with Gasteiger partial charge in [0.25, 0.3) is 5.91 Å². The van der Waals surface area contributed by atoms with Crippen LogP contribution in [-0.4, -0.2) is 31.6 Å². The fourth-order valence-electron chi connectivity index (χ4n) is 1.51. The van der Waals surface area contributed by atoms with Crippen LogP contribution in [0, 0.1) is 0 Å². The molecule has 1 amide bonds. The molecule has 4 heteroatoms. The van der Waals surface area contributed by atoms with Gasteiger partial charge in [-0.2, -0.15) is 0 Å². The molecule has 18 heavy (non-hydrogen) atoms. The monoisotopic (exact) mass is 250 g/mol. The van der Waals surface area contributed by atoms with E-state index in [9.17, 15) is 4.79 Å². The Morgan fingerprint density at radius 3 is 2.44 bits per heavy atom. The number of hydrogen-bond donors (Lipinski definition) is 2. The Hall–Kier alpha value is -1.55. The number of ether oxygens (including phenoxy) is 1. The minimum atomic E-state index is -0.0522. The van der Waals surface area contributed by atoms with Crippen molar-refractivity contribution in [2.24, 2.45) is 0 Å². The molecule has 1 aromatic rings. The van der Waals surface area contributed by atoms with E-state index in [-0.39, 0.29) is 5.91 Å². The molecule has 0 aliphatic heterocycles. The summed E-state index contributed by atoms with van der Waals surface area (Å²) in [6.45, 7) is 8.13. The zero-order valence-corrected chi connectivity index (χ0v) is 11.3. The van der Waals surface area contributed by atoms with Crippen molar-refractivity contribution in [3.05, 3.63) is 29.8 Å². The maximum atomic E-state index is 11.8. The van der Waals surface area contributed by atoms with Crippen LogP contribution in [-0.2, 0) is 0 Å². The smallest absolute Gasteiger partial charge is 0.251 e. The molecule has 0 unspecified atom stereocenters. The molecule has 4 nitrogen and oxygen atoms in total. The van der Waals surface area contributed by atoms with Crippen molar-refractivity contribution < 1.29 is 9.53 Å². The molecule has 0 aliphatic carbocycles. The quantitative estimate of drug-likeness (QED) is 0.726. The SMILES string of the molecule is CCOc1ccc(C(=O)NCCNC(C)C)cc1. The van der Waals surface area contributed by atoms with Crippen LogP contribution in [0.5, 0.6) is 5.75 Å². The second-order valence-electron chi connectivity index (χ2n) is 4.32. The van der Waals surface area contributed by atoms with Gasteiger partial charge in [0.2, 0.25) is 0 Å².